The average Bonchev–Trinajstić information content (AvgIpc) is 3.29. The summed E-state index contributed by atoms with van der Waals surface area (Å²) in [6, 6.07) is 6.17. The number of rotatable bonds is 7. The third kappa shape index (κ3) is 4.67. The lowest BCUT2D eigenvalue weighted by molar-refractivity contribution is -0.137. The second-order valence-corrected chi connectivity index (χ2v) is 7.25. The van der Waals surface area contributed by atoms with E-state index in [0.717, 1.165) is 6.42 Å². The molecule has 0 saturated carbocycles. The van der Waals surface area contributed by atoms with Gasteiger partial charge in [0.2, 0.25) is 17.7 Å². The molecule has 1 unspecified atom stereocenters. The molecule has 0 bridgehead atoms. The van der Waals surface area contributed by atoms with Gasteiger partial charge >= 0.3 is 6.03 Å². The van der Waals surface area contributed by atoms with Crippen LogP contribution in [0.5, 0.6) is 5.75 Å². The Bertz CT molecular complexity index is 795. The standard InChI is InChI=1S/C20H26N4O5/c1-22-13-18(26)24(20(22)28)12-4-6-17(25)23-11-3-5-16(23)19(27)21-14-7-9-15(29-2)10-8-14/h7-10,16H,3-6,11-13H2,1-2H3,(H,21,27). The fourth-order valence-electron chi connectivity index (χ4n) is 3.66. The van der Waals surface area contributed by atoms with Crippen molar-refractivity contribution in [3.8, 4) is 5.75 Å². The number of hydrogen-bond donors (Lipinski definition) is 1. The van der Waals surface area contributed by atoms with E-state index >= 15 is 0 Å². The van der Waals surface area contributed by atoms with Crippen LogP contribution in [0.3, 0.4) is 0 Å². The molecule has 3 rings (SSSR count). The number of likely N-dealkylation sites (tertiary alicyclic amines) is 1. The van der Waals surface area contributed by atoms with Crippen LogP contribution in [0.25, 0.3) is 0 Å². The minimum absolute atomic E-state index is 0.0759. The molecular formula is C20H26N4O5. The lowest BCUT2D eigenvalue weighted by Gasteiger charge is -2.24. The maximum Gasteiger partial charge on any atom is 0.326 e. The Labute approximate surface area is 169 Å². The topological polar surface area (TPSA) is 99.3 Å². The first-order valence-electron chi connectivity index (χ1n) is 9.70. The highest BCUT2D eigenvalue weighted by Crippen LogP contribution is 2.22. The zero-order chi connectivity index (χ0) is 21.0. The number of carbonyl (C=O) groups is 4. The van der Waals surface area contributed by atoms with E-state index in [1.54, 1.807) is 43.3 Å². The van der Waals surface area contributed by atoms with Gasteiger partial charge in [-0.05, 0) is 43.5 Å². The summed E-state index contributed by atoms with van der Waals surface area (Å²) >= 11 is 0. The smallest absolute Gasteiger partial charge is 0.326 e. The summed E-state index contributed by atoms with van der Waals surface area (Å²) in [4.78, 5) is 53.1. The van der Waals surface area contributed by atoms with E-state index in [1.807, 2.05) is 0 Å². The molecule has 2 aliphatic rings. The molecule has 9 heteroatoms. The van der Waals surface area contributed by atoms with Gasteiger partial charge in [-0.2, -0.15) is 0 Å². The Morgan fingerprint density at radius 2 is 1.93 bits per heavy atom. The number of amides is 5. The predicted molar refractivity (Wildman–Crippen MR) is 105 cm³/mol. The van der Waals surface area contributed by atoms with Crippen molar-refractivity contribution in [2.45, 2.75) is 31.7 Å². The maximum absolute atomic E-state index is 12.6. The monoisotopic (exact) mass is 402 g/mol. The van der Waals surface area contributed by atoms with Crippen LogP contribution < -0.4 is 10.1 Å². The molecule has 0 spiro atoms. The molecule has 0 radical (unpaired) electrons. The summed E-state index contributed by atoms with van der Waals surface area (Å²) in [7, 11) is 3.14. The second-order valence-electron chi connectivity index (χ2n) is 7.25. The molecule has 0 aromatic heterocycles. The van der Waals surface area contributed by atoms with Gasteiger partial charge in [-0.3, -0.25) is 19.3 Å². The van der Waals surface area contributed by atoms with Gasteiger partial charge in [-0.25, -0.2) is 4.79 Å². The molecule has 1 aromatic rings. The SMILES string of the molecule is COc1ccc(NC(=O)C2CCCN2C(=O)CCCN2C(=O)CN(C)C2=O)cc1. The summed E-state index contributed by atoms with van der Waals surface area (Å²) < 4.78 is 5.10. The summed E-state index contributed by atoms with van der Waals surface area (Å²) in [6.07, 6.45) is 1.95. The lowest BCUT2D eigenvalue weighted by Crippen LogP contribution is -2.43. The third-order valence-corrected chi connectivity index (χ3v) is 5.24. The van der Waals surface area contributed by atoms with Crippen molar-refractivity contribution in [3.63, 3.8) is 0 Å². The number of methoxy groups -OCH3 is 1. The minimum Gasteiger partial charge on any atom is -0.497 e. The van der Waals surface area contributed by atoms with Crippen LogP contribution in [0.2, 0.25) is 0 Å². The Morgan fingerprint density at radius 3 is 2.55 bits per heavy atom. The van der Waals surface area contributed by atoms with Crippen molar-refractivity contribution in [2.75, 3.05) is 39.1 Å². The van der Waals surface area contributed by atoms with Gasteiger partial charge in [0, 0.05) is 32.2 Å². The highest BCUT2D eigenvalue weighted by atomic mass is 16.5. The summed E-state index contributed by atoms with van der Waals surface area (Å²) in [6.45, 7) is 0.820. The number of carbonyl (C=O) groups excluding carboxylic acids is 4. The van der Waals surface area contributed by atoms with E-state index in [1.165, 1.54) is 9.80 Å². The van der Waals surface area contributed by atoms with E-state index in [2.05, 4.69) is 5.32 Å². The van der Waals surface area contributed by atoms with E-state index < -0.39 is 6.04 Å². The van der Waals surface area contributed by atoms with Crippen LogP contribution in [0.15, 0.2) is 24.3 Å². The van der Waals surface area contributed by atoms with Crippen LogP contribution in [0.1, 0.15) is 25.7 Å². The molecule has 9 nitrogen and oxygen atoms in total. The number of hydrogen-bond acceptors (Lipinski definition) is 5. The van der Waals surface area contributed by atoms with E-state index in [9.17, 15) is 19.2 Å². The molecule has 0 aliphatic carbocycles. The molecule has 2 heterocycles. The van der Waals surface area contributed by atoms with Gasteiger partial charge in [0.25, 0.3) is 0 Å². The van der Waals surface area contributed by atoms with Gasteiger partial charge < -0.3 is 19.9 Å². The third-order valence-electron chi connectivity index (χ3n) is 5.24. The molecule has 1 atom stereocenters. The highest BCUT2D eigenvalue weighted by molar-refractivity contribution is 6.02. The normalized spacial score (nSPS) is 19.1. The van der Waals surface area contributed by atoms with Gasteiger partial charge in [0.05, 0.1) is 7.11 Å². The summed E-state index contributed by atoms with van der Waals surface area (Å²) in [5.74, 6) is 0.0991. The van der Waals surface area contributed by atoms with Gasteiger partial charge in [-0.1, -0.05) is 0 Å². The highest BCUT2D eigenvalue weighted by Gasteiger charge is 2.35. The van der Waals surface area contributed by atoms with E-state index in [0.29, 0.717) is 30.8 Å². The number of nitrogens with one attached hydrogen (secondary N) is 1. The fraction of sp³-hybridized carbons (Fsp3) is 0.500. The first-order valence-corrected chi connectivity index (χ1v) is 9.70. The molecule has 2 fully saturated rings. The van der Waals surface area contributed by atoms with Crippen molar-refractivity contribution >= 4 is 29.4 Å². The van der Waals surface area contributed by atoms with Crippen molar-refractivity contribution < 1.29 is 23.9 Å². The molecule has 156 valence electrons. The summed E-state index contributed by atoms with van der Waals surface area (Å²) in [5.41, 5.74) is 0.644. The first kappa shape index (κ1) is 20.6. The molecule has 29 heavy (non-hydrogen) atoms. The Morgan fingerprint density at radius 1 is 1.21 bits per heavy atom. The number of imide groups is 1. The molecule has 2 aliphatic heterocycles. The zero-order valence-corrected chi connectivity index (χ0v) is 16.7. The van der Waals surface area contributed by atoms with Crippen LogP contribution >= 0.6 is 0 Å². The first-order chi connectivity index (χ1) is 13.9. The van der Waals surface area contributed by atoms with Crippen molar-refractivity contribution in [1.29, 1.82) is 0 Å². The van der Waals surface area contributed by atoms with Gasteiger partial charge in [0.1, 0.15) is 18.3 Å². The second kappa shape index (κ2) is 8.93. The lowest BCUT2D eigenvalue weighted by atomic mass is 10.2. The number of nitrogens with zero attached hydrogens (tertiary/aromatic N) is 3. The average molecular weight is 402 g/mol. The van der Waals surface area contributed by atoms with Crippen LogP contribution in [-0.4, -0.2) is 78.3 Å². The van der Waals surface area contributed by atoms with E-state index in [4.69, 9.17) is 4.74 Å². The zero-order valence-electron chi connectivity index (χ0n) is 16.7. The Hall–Kier alpha value is -3.10. The number of benzene rings is 1. The number of anilines is 1. The summed E-state index contributed by atoms with van der Waals surface area (Å²) in [5, 5.41) is 2.85. The maximum atomic E-state index is 12.6. The quantitative estimate of drug-likeness (QED) is 0.693. The van der Waals surface area contributed by atoms with Crippen LogP contribution in [0, 0.1) is 0 Å². The van der Waals surface area contributed by atoms with Crippen molar-refractivity contribution in [3.05, 3.63) is 24.3 Å². The fourth-order valence-corrected chi connectivity index (χ4v) is 3.66. The number of urea groups is 1. The Balaban J connectivity index is 1.51. The van der Waals surface area contributed by atoms with Crippen molar-refractivity contribution in [2.24, 2.45) is 0 Å². The molecule has 5 amide bonds. The minimum atomic E-state index is -0.509. The number of ether oxygens (including phenoxy) is 1. The molecular weight excluding hydrogens is 376 g/mol. The van der Waals surface area contributed by atoms with Gasteiger partial charge in [0.15, 0.2) is 0 Å². The van der Waals surface area contributed by atoms with Crippen LogP contribution in [0.4, 0.5) is 10.5 Å². The van der Waals surface area contributed by atoms with E-state index in [-0.39, 0.29) is 43.3 Å². The molecule has 1 N–H and O–H groups in total. The number of likely N-dealkylation sites (N-methyl/N-ethyl adjacent to an activating group) is 1. The predicted octanol–water partition coefficient (Wildman–Crippen LogP) is 1.30. The Kier molecular flexibility index (Phi) is 6.36. The van der Waals surface area contributed by atoms with Crippen molar-refractivity contribution in [1.82, 2.24) is 14.7 Å². The molecule has 2 saturated heterocycles. The van der Waals surface area contributed by atoms with Crippen LogP contribution in [-0.2, 0) is 14.4 Å². The molecule has 1 aromatic carbocycles. The van der Waals surface area contributed by atoms with Gasteiger partial charge in [-0.15, -0.1) is 0 Å². The largest absolute Gasteiger partial charge is 0.497 e.